The van der Waals surface area contributed by atoms with Gasteiger partial charge in [-0.2, -0.15) is 0 Å². The lowest BCUT2D eigenvalue weighted by Gasteiger charge is -2.39. The molecule has 1 saturated heterocycles. The number of rotatable bonds is 4. The van der Waals surface area contributed by atoms with Gasteiger partial charge in [-0.1, -0.05) is 6.92 Å². The predicted molar refractivity (Wildman–Crippen MR) is 58.8 cm³/mol. The van der Waals surface area contributed by atoms with Gasteiger partial charge in [-0.15, -0.1) is 0 Å². The number of hydrogen-bond acceptors (Lipinski definition) is 4. The molecule has 1 aliphatic rings. The van der Waals surface area contributed by atoms with E-state index in [4.69, 9.17) is 10.8 Å². The summed E-state index contributed by atoms with van der Waals surface area (Å²) in [6.45, 7) is 5.35. The normalized spacial score (nSPS) is 26.0. The highest BCUT2D eigenvalue weighted by Gasteiger charge is 2.34. The summed E-state index contributed by atoms with van der Waals surface area (Å²) >= 11 is 0. The summed E-state index contributed by atoms with van der Waals surface area (Å²) in [6, 6.07) is -0.609. The van der Waals surface area contributed by atoms with E-state index in [0.717, 1.165) is 6.54 Å². The third-order valence-electron chi connectivity index (χ3n) is 3.25. The molecule has 4 N–H and O–H groups in total. The molecule has 0 aliphatic carbocycles. The van der Waals surface area contributed by atoms with Crippen molar-refractivity contribution in [3.8, 4) is 0 Å². The Hall–Kier alpha value is -1.14. The first-order valence-corrected chi connectivity index (χ1v) is 5.43. The van der Waals surface area contributed by atoms with Crippen molar-refractivity contribution in [2.75, 3.05) is 19.6 Å². The molecule has 1 heterocycles. The summed E-state index contributed by atoms with van der Waals surface area (Å²) in [5.74, 6) is -1.77. The third-order valence-corrected chi connectivity index (χ3v) is 3.25. The van der Waals surface area contributed by atoms with Crippen LogP contribution in [0.15, 0.2) is 0 Å². The summed E-state index contributed by atoms with van der Waals surface area (Å²) in [6.07, 6.45) is 0. The lowest BCUT2D eigenvalue weighted by molar-refractivity contribution is -0.145. The summed E-state index contributed by atoms with van der Waals surface area (Å²) < 4.78 is 0. The first kappa shape index (κ1) is 12.9. The van der Waals surface area contributed by atoms with Gasteiger partial charge >= 0.3 is 5.97 Å². The van der Waals surface area contributed by atoms with E-state index in [9.17, 15) is 9.59 Å². The van der Waals surface area contributed by atoms with E-state index in [0.29, 0.717) is 13.1 Å². The Morgan fingerprint density at radius 3 is 2.62 bits per heavy atom. The van der Waals surface area contributed by atoms with Gasteiger partial charge in [-0.3, -0.25) is 14.5 Å². The van der Waals surface area contributed by atoms with Gasteiger partial charge in [-0.25, -0.2) is 0 Å². The number of nitrogens with two attached hydrogens (primary N) is 1. The maximum Gasteiger partial charge on any atom is 0.307 e. The van der Waals surface area contributed by atoms with Crippen LogP contribution in [0, 0.1) is 5.92 Å². The highest BCUT2D eigenvalue weighted by Crippen LogP contribution is 2.15. The number of nitrogens with zero attached hydrogens (tertiary/aromatic N) is 1. The van der Waals surface area contributed by atoms with Crippen molar-refractivity contribution in [1.29, 1.82) is 0 Å². The largest absolute Gasteiger partial charge is 0.481 e. The molecule has 1 fully saturated rings. The molecule has 6 heteroatoms. The molecule has 0 saturated carbocycles. The molecule has 1 aliphatic heterocycles. The van der Waals surface area contributed by atoms with Gasteiger partial charge in [-0.05, 0) is 6.92 Å². The Bertz CT molecular complexity index is 282. The highest BCUT2D eigenvalue weighted by molar-refractivity contribution is 5.80. The van der Waals surface area contributed by atoms with Crippen LogP contribution in [0.1, 0.15) is 13.8 Å². The van der Waals surface area contributed by atoms with E-state index in [1.54, 1.807) is 6.92 Å². The molecule has 0 spiro atoms. The van der Waals surface area contributed by atoms with Crippen molar-refractivity contribution in [1.82, 2.24) is 10.2 Å². The molecular formula is C10H19N3O3. The number of nitrogens with one attached hydrogen (secondary N) is 1. The number of amides is 1. The third kappa shape index (κ3) is 2.70. The van der Waals surface area contributed by atoms with Gasteiger partial charge in [0.1, 0.15) is 6.04 Å². The van der Waals surface area contributed by atoms with Crippen LogP contribution in [-0.4, -0.2) is 53.6 Å². The highest BCUT2D eigenvalue weighted by atomic mass is 16.4. The van der Waals surface area contributed by atoms with Gasteiger partial charge in [0.05, 0.1) is 5.92 Å². The van der Waals surface area contributed by atoms with Crippen molar-refractivity contribution in [3.63, 3.8) is 0 Å². The van der Waals surface area contributed by atoms with Crippen molar-refractivity contribution >= 4 is 11.9 Å². The Kier molecular flexibility index (Phi) is 4.26. The lowest BCUT2D eigenvalue weighted by Crippen LogP contribution is -2.61. The second kappa shape index (κ2) is 5.27. The maximum atomic E-state index is 11.3. The SMILES string of the molecule is CC(C(=O)O)C(C)N1CCNCC1C(N)=O. The molecule has 0 radical (unpaired) electrons. The van der Waals surface area contributed by atoms with Crippen molar-refractivity contribution in [3.05, 3.63) is 0 Å². The number of carboxylic acids is 1. The molecule has 3 unspecified atom stereocenters. The standard InChI is InChI=1S/C10H19N3O3/c1-6(10(15)16)7(2)13-4-3-12-5-8(13)9(11)14/h6-8,12H,3-5H2,1-2H3,(H2,11,14)(H,15,16). The Labute approximate surface area is 94.8 Å². The van der Waals surface area contributed by atoms with Crippen molar-refractivity contribution in [2.45, 2.75) is 25.9 Å². The van der Waals surface area contributed by atoms with Gasteiger partial charge in [0.2, 0.25) is 5.91 Å². The second-order valence-corrected chi connectivity index (χ2v) is 4.23. The molecule has 1 rings (SSSR count). The van der Waals surface area contributed by atoms with Crippen LogP contribution >= 0.6 is 0 Å². The van der Waals surface area contributed by atoms with Gasteiger partial charge in [0, 0.05) is 25.7 Å². The smallest absolute Gasteiger partial charge is 0.307 e. The number of aliphatic carboxylic acids is 1. The molecule has 3 atom stereocenters. The fourth-order valence-electron chi connectivity index (χ4n) is 1.97. The van der Waals surface area contributed by atoms with Gasteiger partial charge in [0.15, 0.2) is 0 Å². The Balaban J connectivity index is 2.74. The molecule has 6 nitrogen and oxygen atoms in total. The van der Waals surface area contributed by atoms with Crippen LogP contribution in [-0.2, 0) is 9.59 Å². The Morgan fingerprint density at radius 2 is 2.12 bits per heavy atom. The number of carbonyl (C=O) groups excluding carboxylic acids is 1. The predicted octanol–water partition coefficient (Wildman–Crippen LogP) is -1.15. The van der Waals surface area contributed by atoms with Crippen LogP contribution in [0.3, 0.4) is 0 Å². The van der Waals surface area contributed by atoms with Crippen molar-refractivity contribution < 1.29 is 14.7 Å². The zero-order valence-electron chi connectivity index (χ0n) is 9.64. The van der Waals surface area contributed by atoms with Gasteiger partial charge < -0.3 is 16.2 Å². The molecular weight excluding hydrogens is 210 g/mol. The first-order valence-electron chi connectivity index (χ1n) is 5.43. The maximum absolute atomic E-state index is 11.3. The minimum absolute atomic E-state index is 0.197. The Morgan fingerprint density at radius 1 is 1.50 bits per heavy atom. The van der Waals surface area contributed by atoms with E-state index >= 15 is 0 Å². The molecule has 1 amide bonds. The fraction of sp³-hybridized carbons (Fsp3) is 0.800. The van der Waals surface area contributed by atoms with Crippen LogP contribution < -0.4 is 11.1 Å². The molecule has 92 valence electrons. The van der Waals surface area contributed by atoms with E-state index in [-0.39, 0.29) is 6.04 Å². The zero-order chi connectivity index (χ0) is 12.3. The summed E-state index contributed by atoms with van der Waals surface area (Å²) in [7, 11) is 0. The van der Waals surface area contributed by atoms with E-state index in [2.05, 4.69) is 5.32 Å². The molecule has 0 bridgehead atoms. The van der Waals surface area contributed by atoms with Crippen LogP contribution in [0.25, 0.3) is 0 Å². The molecule has 0 aromatic rings. The second-order valence-electron chi connectivity index (χ2n) is 4.23. The quantitative estimate of drug-likeness (QED) is 0.566. The van der Waals surface area contributed by atoms with Crippen LogP contribution in [0.2, 0.25) is 0 Å². The molecule has 16 heavy (non-hydrogen) atoms. The van der Waals surface area contributed by atoms with E-state index in [1.165, 1.54) is 0 Å². The minimum atomic E-state index is -0.853. The molecule has 0 aromatic heterocycles. The van der Waals surface area contributed by atoms with E-state index < -0.39 is 23.8 Å². The minimum Gasteiger partial charge on any atom is -0.481 e. The van der Waals surface area contributed by atoms with Crippen molar-refractivity contribution in [2.24, 2.45) is 11.7 Å². The summed E-state index contributed by atoms with van der Waals surface area (Å²) in [5.41, 5.74) is 5.30. The van der Waals surface area contributed by atoms with Crippen LogP contribution in [0.5, 0.6) is 0 Å². The summed E-state index contributed by atoms with van der Waals surface area (Å²) in [5, 5.41) is 12.0. The average molecular weight is 229 g/mol. The van der Waals surface area contributed by atoms with Gasteiger partial charge in [0.25, 0.3) is 0 Å². The number of carbonyl (C=O) groups is 2. The monoisotopic (exact) mass is 229 g/mol. The van der Waals surface area contributed by atoms with Crippen LogP contribution in [0.4, 0.5) is 0 Å². The zero-order valence-corrected chi connectivity index (χ0v) is 9.64. The van der Waals surface area contributed by atoms with E-state index in [1.807, 2.05) is 11.8 Å². The average Bonchev–Trinajstić information content (AvgIpc) is 2.26. The number of piperazine rings is 1. The first-order chi connectivity index (χ1) is 7.45. The number of hydrogen-bond donors (Lipinski definition) is 3. The number of carboxylic acid groups (broad SMARTS) is 1. The lowest BCUT2D eigenvalue weighted by atomic mass is 9.99. The fourth-order valence-corrected chi connectivity index (χ4v) is 1.97. The summed E-state index contributed by atoms with van der Waals surface area (Å²) in [4.78, 5) is 24.0. The molecule has 0 aromatic carbocycles. The number of primary amides is 1. The topological polar surface area (TPSA) is 95.7 Å².